The summed E-state index contributed by atoms with van der Waals surface area (Å²) in [6.07, 6.45) is 3.34. The summed E-state index contributed by atoms with van der Waals surface area (Å²) in [6.45, 7) is 1.62. The van der Waals surface area contributed by atoms with Crippen molar-refractivity contribution in [1.29, 1.82) is 0 Å². The van der Waals surface area contributed by atoms with Crippen LogP contribution in [-0.2, 0) is 22.6 Å². The highest BCUT2D eigenvalue weighted by molar-refractivity contribution is 14.1. The number of carbonyl (C=O) groups is 2. The summed E-state index contributed by atoms with van der Waals surface area (Å²) in [5.74, 6) is -0.560. The Bertz CT molecular complexity index is 1270. The van der Waals surface area contributed by atoms with Gasteiger partial charge >= 0.3 is 0 Å². The van der Waals surface area contributed by atoms with Crippen LogP contribution in [0.5, 0.6) is 11.5 Å². The SMILES string of the molecule is CCC=CC(=O)N(CCc1cccc(F)c1)[C@@H]1CC(C(=O)NCCO)=C[C@H](Oc2c(I)cc(CO)cc2OC)[C@H]1O. The van der Waals surface area contributed by atoms with E-state index in [1.54, 1.807) is 30.3 Å². The Hall–Kier alpha value is -3.00. The highest BCUT2D eigenvalue weighted by Gasteiger charge is 2.40. The van der Waals surface area contributed by atoms with E-state index < -0.39 is 24.2 Å². The maximum Gasteiger partial charge on any atom is 0.247 e. The van der Waals surface area contributed by atoms with Gasteiger partial charge in [-0.2, -0.15) is 0 Å². The average Bonchev–Trinajstić information content (AvgIpc) is 2.97. The van der Waals surface area contributed by atoms with E-state index in [1.165, 1.54) is 36.3 Å². The van der Waals surface area contributed by atoms with Gasteiger partial charge < -0.3 is 35.0 Å². The number of hydrogen-bond acceptors (Lipinski definition) is 7. The molecule has 0 saturated carbocycles. The van der Waals surface area contributed by atoms with Crippen molar-refractivity contribution in [2.24, 2.45) is 0 Å². The van der Waals surface area contributed by atoms with E-state index in [0.29, 0.717) is 39.0 Å². The standard InChI is InChI=1S/C30H36FIN2O7/c1-3-4-8-27(37)34(11-9-19-6-5-7-22(31)13-19)24-16-21(30(39)33-10-12-35)17-25(28(24)38)41-29-23(32)14-20(18-36)15-26(29)40-2/h4-8,13-15,17,24-25,28,35-36,38H,3,9-12,16,18H2,1-2H3,(H,33,39)/t24-,25+,28+/m1/s1. The van der Waals surface area contributed by atoms with Crippen LogP contribution in [0.25, 0.3) is 0 Å². The topological polar surface area (TPSA) is 129 Å². The fourth-order valence-corrected chi connectivity index (χ4v) is 5.38. The molecule has 2 aromatic carbocycles. The minimum absolute atomic E-state index is 0.0325. The molecule has 0 unspecified atom stereocenters. The van der Waals surface area contributed by atoms with E-state index in [2.05, 4.69) is 5.32 Å². The quantitative estimate of drug-likeness (QED) is 0.189. The van der Waals surface area contributed by atoms with Gasteiger partial charge in [0.2, 0.25) is 11.8 Å². The molecular weight excluding hydrogens is 646 g/mol. The molecule has 0 bridgehead atoms. The molecule has 3 atom stereocenters. The first kappa shape index (κ1) is 32.5. The molecule has 2 aromatic rings. The molecule has 0 radical (unpaired) electrons. The van der Waals surface area contributed by atoms with Gasteiger partial charge in [0, 0.05) is 25.1 Å². The predicted octanol–water partition coefficient (Wildman–Crippen LogP) is 2.88. The van der Waals surface area contributed by atoms with E-state index >= 15 is 0 Å². The molecule has 0 saturated heterocycles. The number of amides is 2. The first-order chi connectivity index (χ1) is 19.7. The third-order valence-electron chi connectivity index (χ3n) is 6.65. The maximum absolute atomic E-state index is 13.8. The first-order valence-corrected chi connectivity index (χ1v) is 14.4. The second-order valence-corrected chi connectivity index (χ2v) is 10.7. The fraction of sp³-hybridized carbons (Fsp3) is 0.400. The number of aliphatic hydroxyl groups is 3. The molecule has 0 fully saturated rings. The van der Waals surface area contributed by atoms with Gasteiger partial charge in [-0.1, -0.05) is 25.1 Å². The maximum atomic E-state index is 13.8. The van der Waals surface area contributed by atoms with Crippen LogP contribution in [0.4, 0.5) is 4.39 Å². The molecule has 222 valence electrons. The lowest BCUT2D eigenvalue weighted by Crippen LogP contribution is -2.55. The number of nitrogens with zero attached hydrogens (tertiary/aromatic N) is 1. The first-order valence-electron chi connectivity index (χ1n) is 13.4. The number of rotatable bonds is 13. The number of hydrogen-bond donors (Lipinski definition) is 4. The van der Waals surface area contributed by atoms with Crippen molar-refractivity contribution in [2.75, 3.05) is 26.8 Å². The van der Waals surface area contributed by atoms with Gasteiger partial charge in [-0.05, 0) is 83.0 Å². The zero-order valence-corrected chi connectivity index (χ0v) is 25.2. The predicted molar refractivity (Wildman–Crippen MR) is 160 cm³/mol. The Labute approximate surface area is 252 Å². The van der Waals surface area contributed by atoms with Gasteiger partial charge in [0.1, 0.15) is 18.0 Å². The van der Waals surface area contributed by atoms with Crippen molar-refractivity contribution in [3.05, 3.63) is 80.7 Å². The average molecular weight is 683 g/mol. The van der Waals surface area contributed by atoms with Gasteiger partial charge in [0.05, 0.1) is 29.9 Å². The number of aliphatic hydroxyl groups excluding tert-OH is 3. The van der Waals surface area contributed by atoms with E-state index in [-0.39, 0.29) is 50.0 Å². The van der Waals surface area contributed by atoms with Crippen LogP contribution in [0.1, 0.15) is 30.9 Å². The molecule has 0 heterocycles. The van der Waals surface area contributed by atoms with Crippen LogP contribution in [-0.4, -0.2) is 77.1 Å². The number of nitrogens with one attached hydrogen (secondary N) is 1. The molecule has 11 heteroatoms. The Morgan fingerprint density at radius 2 is 2.00 bits per heavy atom. The number of halogens is 2. The summed E-state index contributed by atoms with van der Waals surface area (Å²) in [7, 11) is 1.45. The summed E-state index contributed by atoms with van der Waals surface area (Å²) in [5.41, 5.74) is 1.57. The molecule has 0 aromatic heterocycles. The van der Waals surface area contributed by atoms with Crippen LogP contribution in [0, 0.1) is 9.39 Å². The van der Waals surface area contributed by atoms with E-state index in [9.17, 15) is 29.3 Å². The van der Waals surface area contributed by atoms with Gasteiger partial charge in [-0.25, -0.2) is 4.39 Å². The van der Waals surface area contributed by atoms with Gasteiger partial charge in [-0.15, -0.1) is 0 Å². The molecule has 0 aliphatic heterocycles. The van der Waals surface area contributed by atoms with Crippen LogP contribution in [0.3, 0.4) is 0 Å². The van der Waals surface area contributed by atoms with Crippen LogP contribution >= 0.6 is 22.6 Å². The number of carbonyl (C=O) groups excluding carboxylic acids is 2. The van der Waals surface area contributed by atoms with Crippen LogP contribution in [0.15, 0.2) is 60.2 Å². The molecule has 41 heavy (non-hydrogen) atoms. The zero-order chi connectivity index (χ0) is 29.9. The minimum atomic E-state index is -1.24. The van der Waals surface area contributed by atoms with Crippen molar-refractivity contribution in [2.45, 2.75) is 51.0 Å². The monoisotopic (exact) mass is 682 g/mol. The molecule has 1 aliphatic carbocycles. The van der Waals surface area contributed by atoms with Gasteiger partial charge in [0.25, 0.3) is 0 Å². The van der Waals surface area contributed by atoms with Crippen molar-refractivity contribution in [3.63, 3.8) is 0 Å². The Morgan fingerprint density at radius 1 is 1.22 bits per heavy atom. The molecule has 3 rings (SSSR count). The summed E-state index contributed by atoms with van der Waals surface area (Å²) in [6, 6.07) is 8.56. The van der Waals surface area contributed by atoms with Gasteiger partial charge in [-0.3, -0.25) is 9.59 Å². The Morgan fingerprint density at radius 3 is 2.66 bits per heavy atom. The second-order valence-electron chi connectivity index (χ2n) is 9.51. The minimum Gasteiger partial charge on any atom is -0.493 e. The molecule has 1 aliphatic rings. The zero-order valence-electron chi connectivity index (χ0n) is 23.1. The lowest BCUT2D eigenvalue weighted by molar-refractivity contribution is -0.133. The third-order valence-corrected chi connectivity index (χ3v) is 7.45. The Kier molecular flexibility index (Phi) is 12.6. The Balaban J connectivity index is 2.01. The molecule has 0 spiro atoms. The number of benzene rings is 2. The molecular formula is C30H36FIN2O7. The summed E-state index contributed by atoms with van der Waals surface area (Å²) >= 11 is 2.04. The molecule has 4 N–H and O–H groups in total. The van der Waals surface area contributed by atoms with Crippen molar-refractivity contribution in [1.82, 2.24) is 10.2 Å². The summed E-state index contributed by atoms with van der Waals surface area (Å²) in [4.78, 5) is 27.9. The summed E-state index contributed by atoms with van der Waals surface area (Å²) in [5, 5.41) is 33.0. The second kappa shape index (κ2) is 15.9. The third kappa shape index (κ3) is 8.74. The number of ether oxygens (including phenoxy) is 2. The van der Waals surface area contributed by atoms with Crippen molar-refractivity contribution >= 4 is 34.4 Å². The summed E-state index contributed by atoms with van der Waals surface area (Å²) < 4.78 is 26.2. The highest BCUT2D eigenvalue weighted by Crippen LogP contribution is 2.37. The number of methoxy groups -OCH3 is 1. The number of allylic oxidation sites excluding steroid dienone is 1. The van der Waals surface area contributed by atoms with Crippen molar-refractivity contribution in [3.8, 4) is 11.5 Å². The fourth-order valence-electron chi connectivity index (χ4n) is 4.59. The van der Waals surface area contributed by atoms with Gasteiger partial charge in [0.15, 0.2) is 11.5 Å². The largest absolute Gasteiger partial charge is 0.493 e. The van der Waals surface area contributed by atoms with Crippen molar-refractivity contribution < 1.29 is 38.8 Å². The van der Waals surface area contributed by atoms with E-state index in [1.807, 2.05) is 29.5 Å². The molecule has 2 amide bonds. The van der Waals surface area contributed by atoms with Crippen LogP contribution < -0.4 is 14.8 Å². The smallest absolute Gasteiger partial charge is 0.247 e. The highest BCUT2D eigenvalue weighted by atomic mass is 127. The lowest BCUT2D eigenvalue weighted by Gasteiger charge is -2.40. The molecule has 9 nitrogen and oxygen atoms in total. The normalized spacial score (nSPS) is 18.6. The van der Waals surface area contributed by atoms with E-state index in [0.717, 1.165) is 0 Å². The lowest BCUT2D eigenvalue weighted by atomic mass is 9.87. The van der Waals surface area contributed by atoms with E-state index in [4.69, 9.17) is 9.47 Å². The van der Waals surface area contributed by atoms with Crippen LogP contribution in [0.2, 0.25) is 0 Å².